The summed E-state index contributed by atoms with van der Waals surface area (Å²) >= 11 is 6.42. The number of hydrogen-bond acceptors (Lipinski definition) is 4. The van der Waals surface area contributed by atoms with Gasteiger partial charge in [-0.2, -0.15) is 0 Å². The molecule has 0 spiro atoms. The second-order valence-corrected chi connectivity index (χ2v) is 13.0. The molecule has 0 aromatic heterocycles. The molecule has 10 heteroatoms. The van der Waals surface area contributed by atoms with Crippen LogP contribution in [0.5, 0.6) is 0 Å². The highest BCUT2D eigenvalue weighted by Gasteiger charge is 2.35. The van der Waals surface area contributed by atoms with E-state index in [1.54, 1.807) is 55.5 Å². The van der Waals surface area contributed by atoms with Crippen LogP contribution in [0.3, 0.4) is 0 Å². The van der Waals surface area contributed by atoms with Crippen molar-refractivity contribution in [1.82, 2.24) is 10.2 Å². The maximum Gasteiger partial charge on any atom is 0.264 e. The van der Waals surface area contributed by atoms with Crippen molar-refractivity contribution in [2.24, 2.45) is 0 Å². The number of hydrogen-bond donors (Lipinski definition) is 1. The van der Waals surface area contributed by atoms with E-state index < -0.39 is 34.3 Å². The van der Waals surface area contributed by atoms with Gasteiger partial charge in [-0.1, -0.05) is 91.7 Å². The van der Waals surface area contributed by atoms with Gasteiger partial charge in [-0.25, -0.2) is 12.8 Å². The van der Waals surface area contributed by atoms with Crippen LogP contribution in [0.1, 0.15) is 36.5 Å². The summed E-state index contributed by atoms with van der Waals surface area (Å²) in [4.78, 5) is 29.6. The number of sulfonamides is 1. The maximum absolute atomic E-state index is 14.5. The number of unbranched alkanes of at least 4 members (excludes halogenated alkanes) is 1. The molecule has 4 aromatic carbocycles. The minimum Gasteiger partial charge on any atom is -0.354 e. The maximum atomic E-state index is 14.5. The smallest absolute Gasteiger partial charge is 0.264 e. The lowest BCUT2D eigenvalue weighted by molar-refractivity contribution is -0.140. The van der Waals surface area contributed by atoms with Crippen molar-refractivity contribution in [3.63, 3.8) is 0 Å². The Morgan fingerprint density at radius 2 is 1.51 bits per heavy atom. The highest BCUT2D eigenvalue weighted by atomic mass is 35.5. The number of nitrogens with zero attached hydrogens (tertiary/aromatic N) is 2. The second-order valence-electron chi connectivity index (χ2n) is 10.7. The molecule has 45 heavy (non-hydrogen) atoms. The SMILES string of the molecule is CCCCNC(=O)[C@@H](Cc1ccccc1)N(Cc1ccc(F)cc1)C(=O)CN(c1cccc(Cl)c1C)S(=O)(=O)c1ccccc1. The Bertz CT molecular complexity index is 1690. The van der Waals surface area contributed by atoms with E-state index in [1.165, 1.54) is 29.2 Å². The lowest BCUT2D eigenvalue weighted by Gasteiger charge is -2.34. The molecule has 0 heterocycles. The summed E-state index contributed by atoms with van der Waals surface area (Å²) in [6.45, 7) is 3.47. The molecule has 4 aromatic rings. The van der Waals surface area contributed by atoms with Crippen LogP contribution in [-0.4, -0.2) is 44.3 Å². The summed E-state index contributed by atoms with van der Waals surface area (Å²) < 4.78 is 43.1. The average molecular weight is 650 g/mol. The highest BCUT2D eigenvalue weighted by molar-refractivity contribution is 7.92. The van der Waals surface area contributed by atoms with Gasteiger partial charge in [-0.05, 0) is 66.4 Å². The Labute approximate surface area is 269 Å². The van der Waals surface area contributed by atoms with Crippen LogP contribution in [0.25, 0.3) is 0 Å². The molecule has 0 saturated heterocycles. The number of anilines is 1. The van der Waals surface area contributed by atoms with Crippen molar-refractivity contribution >= 4 is 39.1 Å². The number of amides is 2. The fraction of sp³-hybridized carbons (Fsp3) is 0.257. The van der Waals surface area contributed by atoms with E-state index in [0.717, 1.165) is 22.7 Å². The number of carbonyl (C=O) groups is 2. The summed E-state index contributed by atoms with van der Waals surface area (Å²) in [6.07, 6.45) is 1.81. The summed E-state index contributed by atoms with van der Waals surface area (Å²) in [7, 11) is -4.25. The predicted molar refractivity (Wildman–Crippen MR) is 176 cm³/mol. The minimum absolute atomic E-state index is 0.000374. The van der Waals surface area contributed by atoms with Gasteiger partial charge in [0.25, 0.3) is 10.0 Å². The molecular formula is C35H37ClFN3O4S. The minimum atomic E-state index is -4.25. The molecule has 0 radical (unpaired) electrons. The fourth-order valence-corrected chi connectivity index (χ4v) is 6.61. The van der Waals surface area contributed by atoms with Crippen LogP contribution in [0, 0.1) is 12.7 Å². The quantitative estimate of drug-likeness (QED) is 0.157. The van der Waals surface area contributed by atoms with E-state index in [2.05, 4.69) is 5.32 Å². The van der Waals surface area contributed by atoms with E-state index >= 15 is 0 Å². The molecule has 0 aliphatic rings. The third-order valence-electron chi connectivity index (χ3n) is 7.48. The van der Waals surface area contributed by atoms with Crippen molar-refractivity contribution < 1.29 is 22.4 Å². The van der Waals surface area contributed by atoms with Gasteiger partial charge >= 0.3 is 0 Å². The molecule has 236 valence electrons. The Hall–Kier alpha value is -4.21. The van der Waals surface area contributed by atoms with E-state index in [4.69, 9.17) is 11.6 Å². The number of carbonyl (C=O) groups excluding carboxylic acids is 2. The van der Waals surface area contributed by atoms with Crippen molar-refractivity contribution in [2.75, 3.05) is 17.4 Å². The summed E-state index contributed by atoms with van der Waals surface area (Å²) in [6, 6.07) is 26.7. The first-order chi connectivity index (χ1) is 21.6. The van der Waals surface area contributed by atoms with Gasteiger partial charge in [0.15, 0.2) is 0 Å². The van der Waals surface area contributed by atoms with E-state index in [9.17, 15) is 22.4 Å². The van der Waals surface area contributed by atoms with Crippen LogP contribution in [0.2, 0.25) is 5.02 Å². The van der Waals surface area contributed by atoms with Crippen LogP contribution >= 0.6 is 11.6 Å². The van der Waals surface area contributed by atoms with Gasteiger partial charge in [0, 0.05) is 24.5 Å². The number of benzene rings is 4. The standard InChI is InChI=1S/C35H37ClFN3O4S/c1-3-4-22-38-35(42)33(23-27-12-7-5-8-13-27)39(24-28-18-20-29(37)21-19-28)34(41)25-40(32-17-11-16-31(36)26(32)2)45(43,44)30-14-9-6-10-15-30/h5-21,33H,3-4,22-25H2,1-2H3,(H,38,42)/t33-/m1/s1. The normalized spacial score (nSPS) is 11.9. The zero-order valence-electron chi connectivity index (χ0n) is 25.3. The van der Waals surface area contributed by atoms with Crippen LogP contribution in [0.15, 0.2) is 108 Å². The fourth-order valence-electron chi connectivity index (χ4n) is 4.95. The molecule has 0 aliphatic carbocycles. The lowest BCUT2D eigenvalue weighted by Crippen LogP contribution is -2.53. The molecule has 0 saturated carbocycles. The molecule has 1 atom stereocenters. The summed E-state index contributed by atoms with van der Waals surface area (Å²) in [5, 5.41) is 3.29. The highest BCUT2D eigenvalue weighted by Crippen LogP contribution is 2.31. The van der Waals surface area contributed by atoms with Crippen molar-refractivity contribution in [3.05, 3.63) is 131 Å². The summed E-state index contributed by atoms with van der Waals surface area (Å²) in [5.41, 5.74) is 2.13. The second kappa shape index (κ2) is 15.7. The first-order valence-electron chi connectivity index (χ1n) is 14.8. The molecule has 4 rings (SSSR count). The number of nitrogens with one attached hydrogen (secondary N) is 1. The van der Waals surface area contributed by atoms with Gasteiger partial charge in [0.2, 0.25) is 11.8 Å². The Morgan fingerprint density at radius 1 is 0.867 bits per heavy atom. The largest absolute Gasteiger partial charge is 0.354 e. The van der Waals surface area contributed by atoms with E-state index in [0.29, 0.717) is 22.7 Å². The third-order valence-corrected chi connectivity index (χ3v) is 9.67. The van der Waals surface area contributed by atoms with Gasteiger partial charge in [-0.3, -0.25) is 13.9 Å². The molecule has 1 N–H and O–H groups in total. The molecule has 7 nitrogen and oxygen atoms in total. The Morgan fingerprint density at radius 3 is 2.16 bits per heavy atom. The van der Waals surface area contributed by atoms with Crippen LogP contribution in [-0.2, 0) is 32.6 Å². The van der Waals surface area contributed by atoms with Gasteiger partial charge in [0.05, 0.1) is 10.6 Å². The van der Waals surface area contributed by atoms with Gasteiger partial charge in [-0.15, -0.1) is 0 Å². The third kappa shape index (κ3) is 8.71. The Kier molecular flexibility index (Phi) is 11.7. The first-order valence-corrected chi connectivity index (χ1v) is 16.6. The molecule has 2 amide bonds. The molecule has 0 aliphatic heterocycles. The van der Waals surface area contributed by atoms with Gasteiger partial charge < -0.3 is 10.2 Å². The molecule has 0 fully saturated rings. The zero-order chi connectivity index (χ0) is 32.4. The monoisotopic (exact) mass is 649 g/mol. The van der Waals surface area contributed by atoms with E-state index in [1.807, 2.05) is 37.3 Å². The van der Waals surface area contributed by atoms with Crippen molar-refractivity contribution in [3.8, 4) is 0 Å². The Balaban J connectivity index is 1.81. The van der Waals surface area contributed by atoms with Crippen molar-refractivity contribution in [2.45, 2.75) is 50.6 Å². The molecule has 0 bridgehead atoms. The van der Waals surface area contributed by atoms with Crippen molar-refractivity contribution in [1.29, 1.82) is 0 Å². The number of rotatable bonds is 14. The average Bonchev–Trinajstić information content (AvgIpc) is 3.04. The van der Waals surface area contributed by atoms with Crippen LogP contribution in [0.4, 0.5) is 10.1 Å². The lowest BCUT2D eigenvalue weighted by atomic mass is 10.0. The summed E-state index contributed by atoms with van der Waals surface area (Å²) in [5.74, 6) is -1.41. The topological polar surface area (TPSA) is 86.8 Å². The molecular weight excluding hydrogens is 613 g/mol. The number of halogens is 2. The molecule has 0 unspecified atom stereocenters. The van der Waals surface area contributed by atoms with E-state index in [-0.39, 0.29) is 29.5 Å². The zero-order valence-corrected chi connectivity index (χ0v) is 26.9. The predicted octanol–water partition coefficient (Wildman–Crippen LogP) is 6.54. The first kappa shape index (κ1) is 33.7. The van der Waals surface area contributed by atoms with Gasteiger partial charge in [0.1, 0.15) is 18.4 Å². The van der Waals surface area contributed by atoms with Crippen LogP contribution < -0.4 is 9.62 Å².